The second-order valence-corrected chi connectivity index (χ2v) is 8.17. The molecule has 1 aromatic rings. The van der Waals surface area contributed by atoms with Crippen LogP contribution in [0.15, 0.2) is 30.3 Å². The highest BCUT2D eigenvalue weighted by atomic mass is 31.2. The summed E-state index contributed by atoms with van der Waals surface area (Å²) in [7, 11) is -5.71. The Morgan fingerprint density at radius 1 is 0.852 bits per heavy atom. The van der Waals surface area contributed by atoms with Gasteiger partial charge in [0.1, 0.15) is 5.60 Å². The van der Waals surface area contributed by atoms with Gasteiger partial charge in [0.15, 0.2) is 0 Å². The number of hydrogen-bond donors (Lipinski definition) is 7. The molecule has 9 nitrogen and oxygen atoms in total. The van der Waals surface area contributed by atoms with Gasteiger partial charge in [-0.2, -0.15) is 0 Å². The van der Waals surface area contributed by atoms with Crippen molar-refractivity contribution in [2.24, 2.45) is 5.41 Å². The number of benzene rings is 1. The lowest BCUT2D eigenvalue weighted by Crippen LogP contribution is -2.70. The Labute approximate surface area is 159 Å². The van der Waals surface area contributed by atoms with Crippen molar-refractivity contribution in [3.05, 3.63) is 35.9 Å². The van der Waals surface area contributed by atoms with E-state index in [1.54, 1.807) is 30.3 Å². The van der Waals surface area contributed by atoms with Gasteiger partial charge in [-0.3, -0.25) is 0 Å². The minimum atomic E-state index is -2.93. The van der Waals surface area contributed by atoms with Crippen molar-refractivity contribution < 1.29 is 43.9 Å². The van der Waals surface area contributed by atoms with Crippen LogP contribution in [0.4, 0.5) is 0 Å². The van der Waals surface area contributed by atoms with Gasteiger partial charge in [-0.05, 0) is 24.8 Å². The van der Waals surface area contributed by atoms with Crippen molar-refractivity contribution in [2.75, 3.05) is 26.4 Å². The molecule has 1 saturated carbocycles. The summed E-state index contributed by atoms with van der Waals surface area (Å²) < 4.78 is 10.4. The molecule has 2 atom stereocenters. The minimum absolute atomic E-state index is 0.145. The molecular formula is C16H26O9P2. The van der Waals surface area contributed by atoms with Crippen LogP contribution in [0.25, 0.3) is 0 Å². The lowest BCUT2D eigenvalue weighted by atomic mass is 9.48. The number of hydrogen-bond acceptors (Lipinski definition) is 9. The molecule has 1 aliphatic rings. The molecule has 1 fully saturated rings. The average Bonchev–Trinajstić information content (AvgIpc) is 2.66. The summed E-state index contributed by atoms with van der Waals surface area (Å²) in [4.78, 5) is 37.5. The Hall–Kier alpha value is -0.280. The Morgan fingerprint density at radius 3 is 1.96 bits per heavy atom. The van der Waals surface area contributed by atoms with Crippen molar-refractivity contribution in [1.29, 1.82) is 0 Å². The van der Waals surface area contributed by atoms with Crippen LogP contribution < -0.4 is 0 Å². The van der Waals surface area contributed by atoms with Crippen molar-refractivity contribution in [1.82, 2.24) is 0 Å². The zero-order chi connectivity index (χ0) is 20.1. The van der Waals surface area contributed by atoms with Crippen LogP contribution in [0.5, 0.6) is 0 Å². The third-order valence-corrected chi connectivity index (χ3v) is 6.65. The smallest absolute Gasteiger partial charge is 0.327 e. The van der Waals surface area contributed by atoms with E-state index in [2.05, 4.69) is 0 Å². The van der Waals surface area contributed by atoms with Gasteiger partial charge in [0.05, 0.1) is 31.8 Å². The van der Waals surface area contributed by atoms with E-state index in [-0.39, 0.29) is 6.42 Å². The Bertz CT molecular complexity index is 585. The molecule has 1 aliphatic carbocycles. The topological polar surface area (TPSA) is 160 Å². The van der Waals surface area contributed by atoms with Crippen LogP contribution in [0.2, 0.25) is 0 Å². The van der Waals surface area contributed by atoms with Crippen LogP contribution in [0.3, 0.4) is 0 Å². The highest BCUT2D eigenvalue weighted by Gasteiger charge is 2.67. The zero-order valence-electron chi connectivity index (χ0n) is 14.7. The van der Waals surface area contributed by atoms with Crippen LogP contribution in [-0.4, -0.2) is 66.9 Å². The van der Waals surface area contributed by atoms with E-state index in [0.717, 1.165) is 0 Å². The molecule has 0 saturated heterocycles. The van der Waals surface area contributed by atoms with Gasteiger partial charge in [0.25, 0.3) is 0 Å². The fourth-order valence-electron chi connectivity index (χ4n) is 4.42. The monoisotopic (exact) mass is 424 g/mol. The summed E-state index contributed by atoms with van der Waals surface area (Å²) in [5.74, 6) is 0. The fourth-order valence-corrected chi connectivity index (χ4v) is 5.37. The summed E-state index contributed by atoms with van der Waals surface area (Å²) >= 11 is 0. The molecule has 11 heteroatoms. The molecule has 7 N–H and O–H groups in total. The van der Waals surface area contributed by atoms with Gasteiger partial charge in [0, 0.05) is 5.41 Å². The van der Waals surface area contributed by atoms with Crippen molar-refractivity contribution >= 4 is 17.2 Å². The molecule has 27 heavy (non-hydrogen) atoms. The molecule has 2 rings (SSSR count). The maximum absolute atomic E-state index is 10.4. The summed E-state index contributed by atoms with van der Waals surface area (Å²) in [5.41, 5.74) is -3.81. The molecule has 0 aliphatic heterocycles. The van der Waals surface area contributed by atoms with Crippen LogP contribution in [0.1, 0.15) is 24.8 Å². The third-order valence-electron chi connectivity index (χ3n) is 5.78. The molecular weight excluding hydrogens is 398 g/mol. The van der Waals surface area contributed by atoms with E-state index < -0.39 is 60.1 Å². The number of aliphatic hydroxyl groups is 3. The van der Waals surface area contributed by atoms with Crippen molar-refractivity contribution in [3.63, 3.8) is 0 Å². The molecule has 0 bridgehead atoms. The Kier molecular flexibility index (Phi) is 8.08. The van der Waals surface area contributed by atoms with Gasteiger partial charge >= 0.3 is 17.2 Å². The van der Waals surface area contributed by atoms with Crippen molar-refractivity contribution in [2.45, 2.75) is 30.3 Å². The van der Waals surface area contributed by atoms with Gasteiger partial charge in [0.2, 0.25) is 0 Å². The van der Waals surface area contributed by atoms with E-state index in [0.29, 0.717) is 18.4 Å². The summed E-state index contributed by atoms with van der Waals surface area (Å²) in [6, 6.07) is 8.80. The first kappa shape index (κ1) is 23.0. The molecule has 0 heterocycles. The predicted octanol–water partition coefficient (Wildman–Crippen LogP) is 0.267. The SMILES string of the molecule is OCC1(c2ccccc2)CCCC(COP(O)O)(OP(O)O)C1(CO)CO. The first-order valence-electron chi connectivity index (χ1n) is 8.39. The second-order valence-electron chi connectivity index (χ2n) is 6.72. The van der Waals surface area contributed by atoms with Gasteiger partial charge in [-0.15, -0.1) is 0 Å². The molecule has 0 amide bonds. The van der Waals surface area contributed by atoms with Gasteiger partial charge in [-0.25, -0.2) is 0 Å². The number of aliphatic hydroxyl groups excluding tert-OH is 3. The maximum Gasteiger partial charge on any atom is 0.327 e. The zero-order valence-corrected chi connectivity index (χ0v) is 16.5. The Morgan fingerprint density at radius 2 is 1.48 bits per heavy atom. The van der Waals surface area contributed by atoms with Crippen LogP contribution in [0, 0.1) is 5.41 Å². The van der Waals surface area contributed by atoms with E-state index in [1.807, 2.05) is 0 Å². The number of rotatable bonds is 9. The quantitative estimate of drug-likeness (QED) is 0.276. The molecule has 2 unspecified atom stereocenters. The third kappa shape index (κ3) is 4.06. The largest absolute Gasteiger partial charge is 0.396 e. The summed E-state index contributed by atoms with van der Waals surface area (Å²) in [5, 5.41) is 31.2. The Balaban J connectivity index is 2.68. The van der Waals surface area contributed by atoms with Crippen molar-refractivity contribution in [3.8, 4) is 0 Å². The fraction of sp³-hybridized carbons (Fsp3) is 0.625. The van der Waals surface area contributed by atoms with E-state index >= 15 is 0 Å². The highest BCUT2D eigenvalue weighted by Crippen LogP contribution is 2.61. The minimum Gasteiger partial charge on any atom is -0.396 e. The lowest BCUT2D eigenvalue weighted by molar-refractivity contribution is -0.207. The summed E-state index contributed by atoms with van der Waals surface area (Å²) in [6.07, 6.45) is 0.978. The van der Waals surface area contributed by atoms with Gasteiger partial charge < -0.3 is 43.9 Å². The summed E-state index contributed by atoms with van der Waals surface area (Å²) in [6.45, 7) is -2.30. The predicted molar refractivity (Wildman–Crippen MR) is 98.1 cm³/mol. The highest BCUT2D eigenvalue weighted by molar-refractivity contribution is 7.39. The molecule has 0 spiro atoms. The molecule has 0 aromatic heterocycles. The first-order chi connectivity index (χ1) is 12.8. The molecule has 0 radical (unpaired) electrons. The van der Waals surface area contributed by atoms with Crippen LogP contribution in [-0.2, 0) is 14.5 Å². The maximum atomic E-state index is 10.4. The first-order valence-corrected chi connectivity index (χ1v) is 10.7. The second kappa shape index (κ2) is 9.48. The molecule has 1 aromatic carbocycles. The lowest BCUT2D eigenvalue weighted by Gasteiger charge is -2.61. The standard InChI is InChI=1S/C16H26O9P2/c17-9-14(13-5-2-1-3-6-13)7-4-8-16(25-27(22)23,12-24-26(20)21)15(14,10-18)11-19/h1-3,5-6,17-23H,4,7-12H2. The van der Waals surface area contributed by atoms with Gasteiger partial charge in [-0.1, -0.05) is 30.3 Å². The van der Waals surface area contributed by atoms with E-state index in [9.17, 15) is 34.9 Å². The van der Waals surface area contributed by atoms with Crippen LogP contribution >= 0.6 is 17.2 Å². The normalized spacial score (nSPS) is 28.0. The van der Waals surface area contributed by atoms with E-state index in [1.165, 1.54) is 0 Å². The molecule has 154 valence electrons. The average molecular weight is 424 g/mol. The van der Waals surface area contributed by atoms with E-state index in [4.69, 9.17) is 9.05 Å².